The summed E-state index contributed by atoms with van der Waals surface area (Å²) < 4.78 is 10.8. The molecular weight excluding hydrogens is 274 g/mol. The van der Waals surface area contributed by atoms with E-state index in [4.69, 9.17) is 14.3 Å². The van der Waals surface area contributed by atoms with E-state index >= 15 is 0 Å². The van der Waals surface area contributed by atoms with Crippen LogP contribution in [0.4, 0.5) is 0 Å². The van der Waals surface area contributed by atoms with Crippen molar-refractivity contribution in [1.29, 1.82) is 0 Å². The highest BCUT2D eigenvalue weighted by molar-refractivity contribution is 5.95. The topological polar surface area (TPSA) is 80.0 Å². The van der Waals surface area contributed by atoms with Gasteiger partial charge in [0, 0.05) is 25.8 Å². The fraction of sp³-hybridized carbons (Fsp3) is 0.600. The molecular formula is C15H19NO5. The van der Waals surface area contributed by atoms with E-state index in [2.05, 4.69) is 0 Å². The minimum Gasteiger partial charge on any atom is -0.478 e. The van der Waals surface area contributed by atoms with Gasteiger partial charge in [0.05, 0.1) is 11.7 Å². The number of hydrogen-bond donors (Lipinski definition) is 1. The van der Waals surface area contributed by atoms with Crippen molar-refractivity contribution in [3.63, 3.8) is 0 Å². The number of carboxylic acids is 1. The Balaban J connectivity index is 1.58. The van der Waals surface area contributed by atoms with Crippen molar-refractivity contribution in [2.75, 3.05) is 19.7 Å². The summed E-state index contributed by atoms with van der Waals surface area (Å²) in [6.07, 6.45) is 5.58. The highest BCUT2D eigenvalue weighted by atomic mass is 16.5. The lowest BCUT2D eigenvalue weighted by atomic mass is 9.90. The first-order chi connectivity index (χ1) is 10.1. The third kappa shape index (κ3) is 2.95. The number of amides is 1. The van der Waals surface area contributed by atoms with Crippen LogP contribution >= 0.6 is 0 Å². The molecule has 3 rings (SSSR count). The summed E-state index contributed by atoms with van der Waals surface area (Å²) in [6.45, 7) is 2.20. The molecule has 0 aromatic carbocycles. The van der Waals surface area contributed by atoms with Gasteiger partial charge in [0.2, 0.25) is 0 Å². The summed E-state index contributed by atoms with van der Waals surface area (Å²) in [5, 5.41) is 8.85. The molecule has 2 aliphatic rings. The Kier molecular flexibility index (Phi) is 3.96. The zero-order valence-corrected chi connectivity index (χ0v) is 11.8. The molecule has 0 radical (unpaired) electrons. The molecule has 21 heavy (non-hydrogen) atoms. The molecule has 3 heterocycles. The Bertz CT molecular complexity index is 524. The van der Waals surface area contributed by atoms with E-state index in [1.807, 2.05) is 0 Å². The number of likely N-dealkylation sites (tertiary alicyclic amines) is 1. The lowest BCUT2D eigenvalue weighted by molar-refractivity contribution is 0.0281. The standard InChI is InChI=1S/C15H19NO5/c17-14(13-8-11(9-21-13)15(18)19)16-5-3-10(4-6-16)12-2-1-7-20-12/h8-10,12H,1-7H2,(H,18,19). The molecule has 1 N–H and O–H groups in total. The van der Waals surface area contributed by atoms with Gasteiger partial charge in [0.25, 0.3) is 5.91 Å². The smallest absolute Gasteiger partial charge is 0.338 e. The third-order valence-corrected chi connectivity index (χ3v) is 4.37. The maximum absolute atomic E-state index is 12.3. The average molecular weight is 293 g/mol. The van der Waals surface area contributed by atoms with Crippen LogP contribution in [0.3, 0.4) is 0 Å². The van der Waals surface area contributed by atoms with Gasteiger partial charge in [-0.3, -0.25) is 4.79 Å². The normalized spacial score (nSPS) is 23.4. The second kappa shape index (κ2) is 5.89. The number of hydrogen-bond acceptors (Lipinski definition) is 4. The van der Waals surface area contributed by atoms with Crippen LogP contribution < -0.4 is 0 Å². The summed E-state index contributed by atoms with van der Waals surface area (Å²) in [5.41, 5.74) is 0.00703. The van der Waals surface area contributed by atoms with Crippen molar-refractivity contribution >= 4 is 11.9 Å². The van der Waals surface area contributed by atoms with Crippen LogP contribution in [0.25, 0.3) is 0 Å². The van der Waals surface area contributed by atoms with Gasteiger partial charge in [-0.1, -0.05) is 0 Å². The van der Waals surface area contributed by atoms with Gasteiger partial charge in [0.1, 0.15) is 6.26 Å². The summed E-state index contributed by atoms with van der Waals surface area (Å²) >= 11 is 0. The summed E-state index contributed by atoms with van der Waals surface area (Å²) in [4.78, 5) is 24.8. The van der Waals surface area contributed by atoms with E-state index in [0.29, 0.717) is 25.1 Å². The molecule has 1 aromatic rings. The maximum atomic E-state index is 12.3. The minimum atomic E-state index is -1.09. The Morgan fingerprint density at radius 3 is 2.57 bits per heavy atom. The Labute approximate surface area is 122 Å². The fourth-order valence-electron chi connectivity index (χ4n) is 3.17. The Morgan fingerprint density at radius 2 is 2.00 bits per heavy atom. The van der Waals surface area contributed by atoms with Crippen LogP contribution in [-0.4, -0.2) is 47.7 Å². The number of carbonyl (C=O) groups excluding carboxylic acids is 1. The third-order valence-electron chi connectivity index (χ3n) is 4.37. The summed E-state index contributed by atoms with van der Waals surface area (Å²) in [7, 11) is 0. The summed E-state index contributed by atoms with van der Waals surface area (Å²) in [6, 6.07) is 1.29. The number of carbonyl (C=O) groups is 2. The van der Waals surface area contributed by atoms with Gasteiger partial charge in [-0.25, -0.2) is 4.79 Å². The van der Waals surface area contributed by atoms with Crippen LogP contribution in [0.5, 0.6) is 0 Å². The monoisotopic (exact) mass is 293 g/mol. The second-order valence-corrected chi connectivity index (χ2v) is 5.69. The fourth-order valence-corrected chi connectivity index (χ4v) is 3.17. The predicted molar refractivity (Wildman–Crippen MR) is 73.3 cm³/mol. The first kappa shape index (κ1) is 14.1. The largest absolute Gasteiger partial charge is 0.478 e. The number of carboxylic acid groups (broad SMARTS) is 1. The number of aromatic carboxylic acids is 1. The first-order valence-corrected chi connectivity index (χ1v) is 7.38. The maximum Gasteiger partial charge on any atom is 0.338 e. The number of furan rings is 1. The molecule has 1 aromatic heterocycles. The second-order valence-electron chi connectivity index (χ2n) is 5.69. The molecule has 6 heteroatoms. The van der Waals surface area contributed by atoms with E-state index < -0.39 is 5.97 Å². The Hall–Kier alpha value is -1.82. The number of rotatable bonds is 3. The van der Waals surface area contributed by atoms with Crippen LogP contribution in [0.1, 0.15) is 46.6 Å². The van der Waals surface area contributed by atoms with Crippen LogP contribution in [0, 0.1) is 5.92 Å². The van der Waals surface area contributed by atoms with Crippen molar-refractivity contribution in [1.82, 2.24) is 4.90 Å². The predicted octanol–water partition coefficient (Wildman–Crippen LogP) is 2.01. The molecule has 1 unspecified atom stereocenters. The van der Waals surface area contributed by atoms with E-state index in [1.165, 1.54) is 6.07 Å². The van der Waals surface area contributed by atoms with Crippen molar-refractivity contribution in [2.45, 2.75) is 31.8 Å². The zero-order chi connectivity index (χ0) is 14.8. The van der Waals surface area contributed by atoms with Gasteiger partial charge >= 0.3 is 5.97 Å². The molecule has 6 nitrogen and oxygen atoms in total. The quantitative estimate of drug-likeness (QED) is 0.922. The van der Waals surface area contributed by atoms with Gasteiger partial charge < -0.3 is 19.2 Å². The minimum absolute atomic E-state index is 0.00703. The van der Waals surface area contributed by atoms with Crippen molar-refractivity contribution < 1.29 is 23.8 Å². The van der Waals surface area contributed by atoms with Gasteiger partial charge in [-0.15, -0.1) is 0 Å². The molecule has 0 bridgehead atoms. The molecule has 2 saturated heterocycles. The SMILES string of the molecule is O=C(O)c1coc(C(=O)N2CCC(C3CCCO3)CC2)c1. The number of ether oxygens (including phenoxy) is 1. The molecule has 0 aliphatic carbocycles. The highest BCUT2D eigenvalue weighted by Gasteiger charge is 2.32. The van der Waals surface area contributed by atoms with E-state index in [-0.39, 0.29) is 17.2 Å². The van der Waals surface area contributed by atoms with Gasteiger partial charge in [0.15, 0.2) is 5.76 Å². The molecule has 2 aliphatic heterocycles. The highest BCUT2D eigenvalue weighted by Crippen LogP contribution is 2.29. The average Bonchev–Trinajstić information content (AvgIpc) is 3.18. The van der Waals surface area contributed by atoms with Crippen LogP contribution in [0.15, 0.2) is 16.7 Å². The van der Waals surface area contributed by atoms with E-state index in [0.717, 1.165) is 38.6 Å². The van der Waals surface area contributed by atoms with E-state index in [9.17, 15) is 9.59 Å². The molecule has 114 valence electrons. The van der Waals surface area contributed by atoms with Crippen LogP contribution in [-0.2, 0) is 4.74 Å². The molecule has 2 fully saturated rings. The molecule has 1 amide bonds. The first-order valence-electron chi connectivity index (χ1n) is 7.38. The summed E-state index contributed by atoms with van der Waals surface area (Å²) in [5.74, 6) is -0.686. The van der Waals surface area contributed by atoms with Crippen molar-refractivity contribution in [3.05, 3.63) is 23.7 Å². The molecule has 1 atom stereocenters. The molecule has 0 saturated carbocycles. The number of nitrogens with zero attached hydrogens (tertiary/aromatic N) is 1. The zero-order valence-electron chi connectivity index (χ0n) is 11.8. The lowest BCUT2D eigenvalue weighted by Crippen LogP contribution is -2.41. The number of piperidine rings is 1. The molecule has 0 spiro atoms. The van der Waals surface area contributed by atoms with Crippen molar-refractivity contribution in [3.8, 4) is 0 Å². The van der Waals surface area contributed by atoms with Crippen molar-refractivity contribution in [2.24, 2.45) is 5.92 Å². The van der Waals surface area contributed by atoms with E-state index in [1.54, 1.807) is 4.90 Å². The lowest BCUT2D eigenvalue weighted by Gasteiger charge is -2.33. The van der Waals surface area contributed by atoms with Gasteiger partial charge in [-0.2, -0.15) is 0 Å². The van der Waals surface area contributed by atoms with Gasteiger partial charge in [-0.05, 0) is 31.6 Å². The van der Waals surface area contributed by atoms with Crippen LogP contribution in [0.2, 0.25) is 0 Å². The Morgan fingerprint density at radius 1 is 1.24 bits per heavy atom.